The molecule has 9 heteroatoms. The lowest BCUT2D eigenvalue weighted by Crippen LogP contribution is -2.54. The molecule has 188 valence electrons. The molecular formula is C26H33N3O4S2. The maximum Gasteiger partial charge on any atom is 0.271 e. The first-order chi connectivity index (χ1) is 16.7. The van der Waals surface area contributed by atoms with E-state index in [1.54, 1.807) is 20.3 Å². The van der Waals surface area contributed by atoms with Gasteiger partial charge in [0.05, 0.1) is 19.4 Å². The van der Waals surface area contributed by atoms with Crippen molar-refractivity contribution >= 4 is 32.7 Å². The Kier molecular flexibility index (Phi) is 7.70. The molecular weight excluding hydrogens is 482 g/mol. The van der Waals surface area contributed by atoms with E-state index in [0.29, 0.717) is 30.1 Å². The molecule has 0 aliphatic carbocycles. The fourth-order valence-corrected chi connectivity index (χ4v) is 7.14. The van der Waals surface area contributed by atoms with Gasteiger partial charge in [-0.05, 0) is 67.8 Å². The highest BCUT2D eigenvalue weighted by atomic mass is 32.2. The summed E-state index contributed by atoms with van der Waals surface area (Å²) < 4.78 is 40.6. The molecule has 0 spiro atoms. The summed E-state index contributed by atoms with van der Waals surface area (Å²) in [6, 6.07) is 16.0. The molecule has 2 heterocycles. The molecule has 2 atom stereocenters. The highest BCUT2D eigenvalue weighted by Gasteiger charge is 2.24. The topological polar surface area (TPSA) is 79.9 Å². The highest BCUT2D eigenvalue weighted by molar-refractivity contribution is 7.94. The van der Waals surface area contributed by atoms with Crippen LogP contribution in [0.3, 0.4) is 0 Å². The lowest BCUT2D eigenvalue weighted by molar-refractivity contribution is 0.185. The smallest absolute Gasteiger partial charge is 0.271 e. The number of ether oxygens (including phenoxy) is 2. The van der Waals surface area contributed by atoms with E-state index >= 15 is 0 Å². The molecule has 2 aromatic carbocycles. The van der Waals surface area contributed by atoms with Crippen molar-refractivity contribution in [3.05, 3.63) is 59.7 Å². The maximum absolute atomic E-state index is 13.4. The maximum atomic E-state index is 13.4. The third kappa shape index (κ3) is 5.81. The van der Waals surface area contributed by atoms with Crippen LogP contribution in [0.15, 0.2) is 52.7 Å². The number of hydrogen-bond donors (Lipinski definition) is 2. The number of anilines is 2. The molecule has 0 unspecified atom stereocenters. The number of sulfonamides is 1. The number of nitrogens with zero attached hydrogens (tertiary/aromatic N) is 1. The van der Waals surface area contributed by atoms with E-state index in [1.807, 2.05) is 49.4 Å². The summed E-state index contributed by atoms with van der Waals surface area (Å²) in [4.78, 5) is 3.19. The minimum atomic E-state index is -3.81. The molecule has 1 aliphatic heterocycles. The Morgan fingerprint density at radius 1 is 1.09 bits per heavy atom. The third-order valence-electron chi connectivity index (χ3n) is 6.01. The largest absolute Gasteiger partial charge is 0.495 e. The molecule has 0 bridgehead atoms. The second-order valence-electron chi connectivity index (χ2n) is 9.07. The molecule has 1 aliphatic rings. The third-order valence-corrected chi connectivity index (χ3v) is 9.14. The first-order valence-corrected chi connectivity index (χ1v) is 13.9. The Morgan fingerprint density at radius 3 is 2.51 bits per heavy atom. The molecule has 0 radical (unpaired) electrons. The SMILES string of the molecule is COCc1cccc(-c2sc(S(=O)(=O)Nc3cc(N4C[C@@H](C)N[C@@H](C)C4)ccc3OC)cc2C)c1. The van der Waals surface area contributed by atoms with Crippen LogP contribution in [0.1, 0.15) is 25.0 Å². The normalized spacial score (nSPS) is 18.5. The van der Waals surface area contributed by atoms with Crippen molar-refractivity contribution < 1.29 is 17.9 Å². The molecule has 1 fully saturated rings. The summed E-state index contributed by atoms with van der Waals surface area (Å²) in [6.45, 7) is 8.43. The van der Waals surface area contributed by atoms with Gasteiger partial charge < -0.3 is 19.7 Å². The van der Waals surface area contributed by atoms with Crippen LogP contribution in [0.4, 0.5) is 11.4 Å². The average Bonchev–Trinajstić information content (AvgIpc) is 3.21. The Bertz CT molecular complexity index is 1280. The van der Waals surface area contributed by atoms with Gasteiger partial charge in [0.2, 0.25) is 0 Å². The zero-order valence-corrected chi connectivity index (χ0v) is 22.4. The summed E-state index contributed by atoms with van der Waals surface area (Å²) in [5.74, 6) is 0.481. The minimum absolute atomic E-state index is 0.263. The highest BCUT2D eigenvalue weighted by Crippen LogP contribution is 2.38. The second-order valence-corrected chi connectivity index (χ2v) is 12.0. The summed E-state index contributed by atoms with van der Waals surface area (Å²) in [6.07, 6.45) is 0. The molecule has 1 saturated heterocycles. The number of aryl methyl sites for hydroxylation is 1. The van der Waals surface area contributed by atoms with Crippen LogP contribution in [-0.4, -0.2) is 47.8 Å². The zero-order valence-electron chi connectivity index (χ0n) is 20.8. The Balaban J connectivity index is 1.63. The first kappa shape index (κ1) is 25.5. The van der Waals surface area contributed by atoms with Gasteiger partial charge in [0.1, 0.15) is 9.96 Å². The van der Waals surface area contributed by atoms with Gasteiger partial charge in [-0.1, -0.05) is 18.2 Å². The summed E-state index contributed by atoms with van der Waals surface area (Å²) in [7, 11) is -0.609. The Labute approximate surface area is 212 Å². The summed E-state index contributed by atoms with van der Waals surface area (Å²) in [5, 5.41) is 3.52. The van der Waals surface area contributed by atoms with E-state index < -0.39 is 10.0 Å². The minimum Gasteiger partial charge on any atom is -0.495 e. The van der Waals surface area contributed by atoms with E-state index in [9.17, 15) is 8.42 Å². The van der Waals surface area contributed by atoms with Crippen molar-refractivity contribution in [3.63, 3.8) is 0 Å². The van der Waals surface area contributed by atoms with Crippen LogP contribution < -0.4 is 19.7 Å². The summed E-state index contributed by atoms with van der Waals surface area (Å²) in [5.41, 5.74) is 4.32. The standard InChI is InChI=1S/C26H33N3O4S2/c1-17-11-25(34-26(17)21-8-6-7-20(12-21)16-32-4)35(30,31)28-23-13-22(9-10-24(23)33-5)29-14-18(2)27-19(3)15-29/h6-13,18-19,27-28H,14-16H2,1-5H3/t18-,19+. The predicted octanol–water partition coefficient (Wildman–Crippen LogP) is 4.87. The Hall–Kier alpha value is -2.59. The van der Waals surface area contributed by atoms with Gasteiger partial charge in [0.25, 0.3) is 10.0 Å². The van der Waals surface area contributed by atoms with Gasteiger partial charge in [-0.2, -0.15) is 0 Å². The van der Waals surface area contributed by atoms with Gasteiger partial charge in [0.15, 0.2) is 0 Å². The van der Waals surface area contributed by atoms with Crippen LogP contribution >= 0.6 is 11.3 Å². The lowest BCUT2D eigenvalue weighted by atomic mass is 10.1. The van der Waals surface area contributed by atoms with Crippen molar-refractivity contribution in [2.75, 3.05) is 36.9 Å². The van der Waals surface area contributed by atoms with Crippen LogP contribution in [-0.2, 0) is 21.4 Å². The van der Waals surface area contributed by atoms with Gasteiger partial charge in [-0.15, -0.1) is 11.3 Å². The molecule has 1 aromatic heterocycles. The average molecular weight is 516 g/mol. The number of methoxy groups -OCH3 is 2. The molecule has 4 rings (SSSR count). The number of piperazine rings is 1. The number of rotatable bonds is 8. The monoisotopic (exact) mass is 515 g/mol. The number of nitrogens with one attached hydrogen (secondary N) is 2. The van der Waals surface area contributed by atoms with E-state index in [1.165, 1.54) is 11.3 Å². The second kappa shape index (κ2) is 10.6. The zero-order chi connectivity index (χ0) is 25.2. The quantitative estimate of drug-likeness (QED) is 0.446. The van der Waals surface area contributed by atoms with Gasteiger partial charge in [-0.3, -0.25) is 4.72 Å². The fourth-order valence-electron chi connectivity index (χ4n) is 4.55. The van der Waals surface area contributed by atoms with E-state index in [0.717, 1.165) is 40.3 Å². The van der Waals surface area contributed by atoms with Gasteiger partial charge in [-0.25, -0.2) is 8.42 Å². The van der Waals surface area contributed by atoms with Crippen LogP contribution in [0.2, 0.25) is 0 Å². The summed E-state index contributed by atoms with van der Waals surface area (Å²) >= 11 is 1.26. The lowest BCUT2D eigenvalue weighted by Gasteiger charge is -2.38. The number of hydrogen-bond acceptors (Lipinski definition) is 7. The van der Waals surface area contributed by atoms with Crippen LogP contribution in [0.25, 0.3) is 10.4 Å². The van der Waals surface area contributed by atoms with E-state index in [4.69, 9.17) is 9.47 Å². The fraction of sp³-hybridized carbons (Fsp3) is 0.385. The number of benzene rings is 2. The molecule has 3 aromatic rings. The molecule has 7 nitrogen and oxygen atoms in total. The van der Waals surface area contributed by atoms with Gasteiger partial charge in [0, 0.05) is 42.8 Å². The van der Waals surface area contributed by atoms with Crippen molar-refractivity contribution in [2.24, 2.45) is 0 Å². The number of thiophene rings is 1. The molecule has 0 amide bonds. The van der Waals surface area contributed by atoms with E-state index in [-0.39, 0.29) is 4.21 Å². The van der Waals surface area contributed by atoms with Crippen molar-refractivity contribution in [2.45, 2.75) is 43.7 Å². The van der Waals surface area contributed by atoms with Crippen molar-refractivity contribution in [1.82, 2.24) is 5.32 Å². The van der Waals surface area contributed by atoms with Gasteiger partial charge >= 0.3 is 0 Å². The van der Waals surface area contributed by atoms with Crippen LogP contribution in [0, 0.1) is 6.92 Å². The van der Waals surface area contributed by atoms with Crippen LogP contribution in [0.5, 0.6) is 5.75 Å². The van der Waals surface area contributed by atoms with Crippen molar-refractivity contribution in [3.8, 4) is 16.2 Å². The molecule has 0 saturated carbocycles. The first-order valence-electron chi connectivity index (χ1n) is 11.6. The van der Waals surface area contributed by atoms with E-state index in [2.05, 4.69) is 28.8 Å². The molecule has 35 heavy (non-hydrogen) atoms. The predicted molar refractivity (Wildman–Crippen MR) is 143 cm³/mol. The molecule has 2 N–H and O–H groups in total. The van der Waals surface area contributed by atoms with Crippen molar-refractivity contribution in [1.29, 1.82) is 0 Å². The Morgan fingerprint density at radius 2 is 1.83 bits per heavy atom.